The van der Waals surface area contributed by atoms with Gasteiger partial charge in [0.05, 0.1) is 5.41 Å². The number of nitrogens with one attached hydrogen (secondary N) is 1. The number of nitrogens with zero attached hydrogens (tertiary/aromatic N) is 1. The van der Waals surface area contributed by atoms with Crippen LogP contribution in [0.15, 0.2) is 17.5 Å². The zero-order valence-electron chi connectivity index (χ0n) is 12.4. The van der Waals surface area contributed by atoms with E-state index in [0.29, 0.717) is 11.3 Å². The lowest BCUT2D eigenvalue weighted by Gasteiger charge is -2.41. The van der Waals surface area contributed by atoms with Gasteiger partial charge in [0.1, 0.15) is 0 Å². The summed E-state index contributed by atoms with van der Waals surface area (Å²) in [5.74, 6) is 0.292. The second-order valence-electron chi connectivity index (χ2n) is 6.82. The first-order valence-corrected chi connectivity index (χ1v) is 8.46. The molecule has 110 valence electrons. The zero-order chi connectivity index (χ0) is 14.2. The summed E-state index contributed by atoms with van der Waals surface area (Å²) in [5.41, 5.74) is 0.0937. The van der Waals surface area contributed by atoms with Crippen LogP contribution in [0.1, 0.15) is 38.0 Å². The van der Waals surface area contributed by atoms with Gasteiger partial charge in [-0.05, 0) is 56.5 Å². The molecule has 1 spiro atoms. The van der Waals surface area contributed by atoms with Crippen molar-refractivity contribution in [2.24, 2.45) is 5.41 Å². The quantitative estimate of drug-likeness (QED) is 0.909. The molecular formula is C16H24N2OS. The average Bonchev–Trinajstić information content (AvgIpc) is 3.11. The van der Waals surface area contributed by atoms with Crippen LogP contribution < -0.4 is 5.32 Å². The predicted octanol–water partition coefficient (Wildman–Crippen LogP) is 2.63. The first kappa shape index (κ1) is 14.1. The van der Waals surface area contributed by atoms with Gasteiger partial charge in [0.15, 0.2) is 0 Å². The first-order chi connectivity index (χ1) is 9.54. The lowest BCUT2D eigenvalue weighted by molar-refractivity contribution is -0.138. The Hall–Kier alpha value is -0.870. The van der Waals surface area contributed by atoms with Crippen molar-refractivity contribution in [3.8, 4) is 0 Å². The van der Waals surface area contributed by atoms with E-state index in [2.05, 4.69) is 35.5 Å². The summed E-state index contributed by atoms with van der Waals surface area (Å²) in [7, 11) is 0. The average molecular weight is 292 g/mol. The highest BCUT2D eigenvalue weighted by Crippen LogP contribution is 2.38. The molecule has 2 saturated heterocycles. The highest BCUT2D eigenvalue weighted by atomic mass is 32.1. The molecule has 0 atom stereocenters. The first-order valence-electron chi connectivity index (χ1n) is 7.58. The van der Waals surface area contributed by atoms with E-state index in [1.807, 2.05) is 6.07 Å². The number of hydrogen-bond acceptors (Lipinski definition) is 3. The second-order valence-corrected chi connectivity index (χ2v) is 7.77. The highest BCUT2D eigenvalue weighted by Gasteiger charge is 2.41. The lowest BCUT2D eigenvalue weighted by atomic mass is 9.77. The molecule has 2 aliphatic rings. The van der Waals surface area contributed by atoms with Crippen molar-refractivity contribution in [1.82, 2.24) is 10.2 Å². The fourth-order valence-corrected chi connectivity index (χ4v) is 4.38. The Morgan fingerprint density at radius 1 is 1.35 bits per heavy atom. The Labute approximate surface area is 125 Å². The van der Waals surface area contributed by atoms with E-state index in [1.54, 1.807) is 11.3 Å². The molecule has 1 aromatic rings. The maximum absolute atomic E-state index is 12.8. The van der Waals surface area contributed by atoms with Crippen LogP contribution >= 0.6 is 11.3 Å². The third kappa shape index (κ3) is 2.40. The van der Waals surface area contributed by atoms with Crippen LogP contribution in [0, 0.1) is 5.41 Å². The molecule has 3 rings (SSSR count). The van der Waals surface area contributed by atoms with Crippen molar-refractivity contribution >= 4 is 17.2 Å². The Morgan fingerprint density at radius 2 is 2.10 bits per heavy atom. The largest absolute Gasteiger partial charge is 0.342 e. The third-order valence-electron chi connectivity index (χ3n) is 5.12. The number of rotatable bonds is 2. The molecule has 0 aromatic carbocycles. The van der Waals surface area contributed by atoms with Gasteiger partial charge in [0.25, 0.3) is 0 Å². The van der Waals surface area contributed by atoms with E-state index in [-0.39, 0.29) is 5.41 Å². The van der Waals surface area contributed by atoms with Gasteiger partial charge in [-0.15, -0.1) is 11.3 Å². The Morgan fingerprint density at radius 3 is 2.65 bits per heavy atom. The van der Waals surface area contributed by atoms with Gasteiger partial charge >= 0.3 is 0 Å². The molecular weight excluding hydrogens is 268 g/mol. The van der Waals surface area contributed by atoms with Crippen molar-refractivity contribution in [3.63, 3.8) is 0 Å². The summed E-state index contributed by atoms with van der Waals surface area (Å²) < 4.78 is 0. The number of piperidine rings is 1. The summed E-state index contributed by atoms with van der Waals surface area (Å²) in [6, 6.07) is 4.11. The molecule has 0 radical (unpaired) electrons. The fourth-order valence-electron chi connectivity index (χ4n) is 3.54. The van der Waals surface area contributed by atoms with E-state index in [1.165, 1.54) is 11.3 Å². The summed E-state index contributed by atoms with van der Waals surface area (Å²) in [4.78, 5) is 16.1. The normalized spacial score (nSPS) is 22.4. The van der Waals surface area contributed by atoms with Gasteiger partial charge in [0, 0.05) is 24.5 Å². The van der Waals surface area contributed by atoms with Gasteiger partial charge in [-0.2, -0.15) is 0 Å². The minimum atomic E-state index is -0.382. The third-order valence-corrected chi connectivity index (χ3v) is 6.31. The van der Waals surface area contributed by atoms with Gasteiger partial charge in [-0.1, -0.05) is 6.07 Å². The predicted molar refractivity (Wildman–Crippen MR) is 83.1 cm³/mol. The van der Waals surface area contributed by atoms with Crippen molar-refractivity contribution in [3.05, 3.63) is 22.4 Å². The molecule has 0 saturated carbocycles. The number of amides is 1. The minimum absolute atomic E-state index is 0.292. The molecule has 2 fully saturated rings. The van der Waals surface area contributed by atoms with E-state index in [0.717, 1.165) is 39.0 Å². The second kappa shape index (κ2) is 5.15. The van der Waals surface area contributed by atoms with Crippen molar-refractivity contribution in [2.75, 3.05) is 26.2 Å². The van der Waals surface area contributed by atoms with Crippen molar-refractivity contribution in [2.45, 2.75) is 38.5 Å². The number of carbonyl (C=O) groups excluding carboxylic acids is 1. The minimum Gasteiger partial charge on any atom is -0.342 e. The summed E-state index contributed by atoms with van der Waals surface area (Å²) in [6.07, 6.45) is 3.60. The van der Waals surface area contributed by atoms with Crippen LogP contribution in [0.3, 0.4) is 0 Å². The summed E-state index contributed by atoms with van der Waals surface area (Å²) in [6.45, 7) is 8.26. The number of hydrogen-bond donors (Lipinski definition) is 1. The standard InChI is InChI=1S/C16H24N2OS/c1-15(2,13-4-3-11-20-13)14(19)18-9-6-16(7-10-18)5-8-17-12-16/h3-4,11,17H,5-10,12H2,1-2H3. The molecule has 1 aromatic heterocycles. The number of carbonyl (C=O) groups is 1. The molecule has 4 heteroatoms. The molecule has 0 aliphatic carbocycles. The number of thiophene rings is 1. The zero-order valence-corrected chi connectivity index (χ0v) is 13.3. The van der Waals surface area contributed by atoms with E-state index in [9.17, 15) is 4.79 Å². The molecule has 3 nitrogen and oxygen atoms in total. The summed E-state index contributed by atoms with van der Waals surface area (Å²) in [5, 5.41) is 5.53. The summed E-state index contributed by atoms with van der Waals surface area (Å²) >= 11 is 1.68. The molecule has 1 N–H and O–H groups in total. The lowest BCUT2D eigenvalue weighted by Crippen LogP contribution is -2.49. The molecule has 0 bridgehead atoms. The Balaban J connectivity index is 1.67. The van der Waals surface area contributed by atoms with E-state index in [4.69, 9.17) is 0 Å². The maximum atomic E-state index is 12.8. The molecule has 1 amide bonds. The van der Waals surface area contributed by atoms with Crippen LogP contribution in [-0.4, -0.2) is 37.0 Å². The molecule has 2 aliphatic heterocycles. The van der Waals surface area contributed by atoms with Gasteiger partial charge in [0.2, 0.25) is 5.91 Å². The van der Waals surface area contributed by atoms with Gasteiger partial charge in [-0.3, -0.25) is 4.79 Å². The Kier molecular flexibility index (Phi) is 3.63. The van der Waals surface area contributed by atoms with Crippen LogP contribution in [0.25, 0.3) is 0 Å². The fraction of sp³-hybridized carbons (Fsp3) is 0.688. The number of likely N-dealkylation sites (tertiary alicyclic amines) is 1. The maximum Gasteiger partial charge on any atom is 0.233 e. The van der Waals surface area contributed by atoms with Crippen molar-refractivity contribution < 1.29 is 4.79 Å². The van der Waals surface area contributed by atoms with Gasteiger partial charge in [-0.25, -0.2) is 0 Å². The van der Waals surface area contributed by atoms with Crippen LogP contribution in [0.4, 0.5) is 0 Å². The molecule has 0 unspecified atom stereocenters. The molecule has 3 heterocycles. The highest BCUT2D eigenvalue weighted by molar-refractivity contribution is 7.10. The topological polar surface area (TPSA) is 32.3 Å². The van der Waals surface area contributed by atoms with E-state index >= 15 is 0 Å². The Bertz CT molecular complexity index is 465. The monoisotopic (exact) mass is 292 g/mol. The molecule has 20 heavy (non-hydrogen) atoms. The van der Waals surface area contributed by atoms with Crippen molar-refractivity contribution in [1.29, 1.82) is 0 Å². The van der Waals surface area contributed by atoms with Gasteiger partial charge < -0.3 is 10.2 Å². The van der Waals surface area contributed by atoms with Crippen LogP contribution in [-0.2, 0) is 10.2 Å². The smallest absolute Gasteiger partial charge is 0.233 e. The van der Waals surface area contributed by atoms with Crippen LogP contribution in [0.2, 0.25) is 0 Å². The van der Waals surface area contributed by atoms with E-state index < -0.39 is 0 Å². The van der Waals surface area contributed by atoms with Crippen LogP contribution in [0.5, 0.6) is 0 Å². The SMILES string of the molecule is CC(C)(C(=O)N1CCC2(CCNC2)CC1)c1cccs1.